The van der Waals surface area contributed by atoms with Gasteiger partial charge in [0.15, 0.2) is 5.58 Å². The number of aromatic nitrogens is 1. The zero-order valence-electron chi connectivity index (χ0n) is 8.79. The molecule has 0 atom stereocenters. The molecule has 1 aliphatic carbocycles. The van der Waals surface area contributed by atoms with E-state index in [1.165, 1.54) is 5.56 Å². The minimum atomic E-state index is 0.0583. The Morgan fingerprint density at radius 2 is 2.27 bits per heavy atom. The molecule has 15 heavy (non-hydrogen) atoms. The number of nitrogens with zero attached hydrogens (tertiary/aromatic N) is 1. The van der Waals surface area contributed by atoms with Gasteiger partial charge >= 0.3 is 0 Å². The van der Waals surface area contributed by atoms with Crippen LogP contribution in [0.25, 0.3) is 11.0 Å². The van der Waals surface area contributed by atoms with Gasteiger partial charge in [0, 0.05) is 10.9 Å². The number of nitrogens with two attached hydrogens (primary N) is 1. The van der Waals surface area contributed by atoms with E-state index in [2.05, 4.69) is 23.4 Å². The van der Waals surface area contributed by atoms with Crippen molar-refractivity contribution in [3.63, 3.8) is 0 Å². The van der Waals surface area contributed by atoms with E-state index in [4.69, 9.17) is 10.3 Å². The number of hydrogen-bond acceptors (Lipinski definition) is 3. The van der Waals surface area contributed by atoms with Crippen LogP contribution in [0.3, 0.4) is 0 Å². The molecule has 2 N–H and O–H groups in total. The second-order valence-corrected chi connectivity index (χ2v) is 4.64. The Bertz CT molecular complexity index is 511. The molecule has 0 amide bonds. The van der Waals surface area contributed by atoms with Crippen molar-refractivity contribution in [2.45, 2.75) is 31.7 Å². The Morgan fingerprint density at radius 1 is 1.47 bits per heavy atom. The first-order valence-electron chi connectivity index (χ1n) is 5.30. The Labute approximate surface area is 88.2 Å². The largest absolute Gasteiger partial charge is 0.356 e. The van der Waals surface area contributed by atoms with Crippen molar-refractivity contribution in [3.8, 4) is 0 Å². The smallest absolute Gasteiger partial charge is 0.167 e. The van der Waals surface area contributed by atoms with Crippen LogP contribution in [-0.2, 0) is 6.42 Å². The summed E-state index contributed by atoms with van der Waals surface area (Å²) in [5, 5.41) is 5.04. The highest BCUT2D eigenvalue weighted by Gasteiger charge is 2.37. The van der Waals surface area contributed by atoms with Crippen LogP contribution < -0.4 is 5.73 Å². The normalized spacial score (nSPS) is 18.3. The molecule has 1 aromatic heterocycles. The third kappa shape index (κ3) is 1.53. The molecular weight excluding hydrogens is 188 g/mol. The molecule has 1 aromatic carbocycles. The highest BCUT2D eigenvalue weighted by Crippen LogP contribution is 2.36. The van der Waals surface area contributed by atoms with Crippen molar-refractivity contribution in [3.05, 3.63) is 29.5 Å². The fraction of sp³-hybridized carbons (Fsp3) is 0.417. The van der Waals surface area contributed by atoms with Gasteiger partial charge in [0.25, 0.3) is 0 Å². The summed E-state index contributed by atoms with van der Waals surface area (Å²) in [5.41, 5.74) is 9.21. The molecule has 0 radical (unpaired) electrons. The highest BCUT2D eigenvalue weighted by molar-refractivity contribution is 5.79. The Balaban J connectivity index is 1.99. The lowest BCUT2D eigenvalue weighted by Crippen LogP contribution is -2.24. The second kappa shape index (κ2) is 2.83. The van der Waals surface area contributed by atoms with E-state index < -0.39 is 0 Å². The summed E-state index contributed by atoms with van der Waals surface area (Å²) in [5.74, 6) is 0. The topological polar surface area (TPSA) is 52.0 Å². The maximum Gasteiger partial charge on any atom is 0.167 e. The van der Waals surface area contributed by atoms with Gasteiger partial charge in [-0.25, -0.2) is 0 Å². The van der Waals surface area contributed by atoms with Gasteiger partial charge in [-0.1, -0.05) is 11.2 Å². The first kappa shape index (κ1) is 8.92. The lowest BCUT2D eigenvalue weighted by molar-refractivity contribution is 0.450. The van der Waals surface area contributed by atoms with Gasteiger partial charge in [-0.15, -0.1) is 0 Å². The van der Waals surface area contributed by atoms with Gasteiger partial charge in [0.2, 0.25) is 0 Å². The summed E-state index contributed by atoms with van der Waals surface area (Å²) in [7, 11) is 0. The van der Waals surface area contributed by atoms with Gasteiger partial charge in [-0.2, -0.15) is 0 Å². The van der Waals surface area contributed by atoms with Crippen molar-refractivity contribution in [2.75, 3.05) is 0 Å². The van der Waals surface area contributed by atoms with Gasteiger partial charge in [0.1, 0.15) is 0 Å². The average Bonchev–Trinajstić information content (AvgIpc) is 2.81. The van der Waals surface area contributed by atoms with Crippen LogP contribution in [0.2, 0.25) is 0 Å². The van der Waals surface area contributed by atoms with Crippen LogP contribution >= 0.6 is 0 Å². The minimum absolute atomic E-state index is 0.0583. The number of fused-ring (bicyclic) bond motifs is 1. The van der Waals surface area contributed by atoms with Crippen molar-refractivity contribution in [1.29, 1.82) is 0 Å². The first-order chi connectivity index (χ1) is 7.16. The number of hydrogen-bond donors (Lipinski definition) is 1. The van der Waals surface area contributed by atoms with Crippen LogP contribution in [0, 0.1) is 6.92 Å². The zero-order chi connectivity index (χ0) is 10.5. The molecule has 3 rings (SSSR count). The lowest BCUT2D eigenvalue weighted by Gasteiger charge is -2.07. The predicted molar refractivity (Wildman–Crippen MR) is 58.6 cm³/mol. The van der Waals surface area contributed by atoms with Gasteiger partial charge in [-0.3, -0.25) is 0 Å². The van der Waals surface area contributed by atoms with Crippen LogP contribution in [0.5, 0.6) is 0 Å². The van der Waals surface area contributed by atoms with E-state index in [1.54, 1.807) is 0 Å². The Kier molecular flexibility index (Phi) is 1.68. The van der Waals surface area contributed by atoms with Crippen molar-refractivity contribution in [1.82, 2.24) is 5.16 Å². The van der Waals surface area contributed by atoms with E-state index in [9.17, 15) is 0 Å². The monoisotopic (exact) mass is 202 g/mol. The molecule has 1 fully saturated rings. The van der Waals surface area contributed by atoms with E-state index in [1.807, 2.05) is 6.92 Å². The summed E-state index contributed by atoms with van der Waals surface area (Å²) in [6.07, 6.45) is 3.23. The van der Waals surface area contributed by atoms with E-state index in [-0.39, 0.29) is 5.54 Å². The Hall–Kier alpha value is -1.35. The first-order valence-corrected chi connectivity index (χ1v) is 5.30. The molecule has 3 nitrogen and oxygen atoms in total. The van der Waals surface area contributed by atoms with Crippen molar-refractivity contribution < 1.29 is 4.52 Å². The molecule has 0 saturated heterocycles. The summed E-state index contributed by atoms with van der Waals surface area (Å²) >= 11 is 0. The number of aryl methyl sites for hydroxylation is 1. The third-order valence-electron chi connectivity index (χ3n) is 3.17. The fourth-order valence-electron chi connectivity index (χ4n) is 1.96. The van der Waals surface area contributed by atoms with Crippen LogP contribution in [0.4, 0.5) is 0 Å². The second-order valence-electron chi connectivity index (χ2n) is 4.64. The molecule has 2 aromatic rings. The molecule has 0 bridgehead atoms. The molecule has 0 spiro atoms. The standard InChI is InChI=1S/C12H14N2O/c1-8-10-3-2-9(6-11(10)15-14-8)7-12(13)4-5-12/h2-3,6H,4-5,7,13H2,1H3. The average molecular weight is 202 g/mol. The Morgan fingerprint density at radius 3 is 3.00 bits per heavy atom. The summed E-state index contributed by atoms with van der Waals surface area (Å²) in [4.78, 5) is 0. The molecule has 78 valence electrons. The molecular formula is C12H14N2O. The van der Waals surface area contributed by atoms with Crippen molar-refractivity contribution >= 4 is 11.0 Å². The van der Waals surface area contributed by atoms with Gasteiger partial charge in [0.05, 0.1) is 5.69 Å². The minimum Gasteiger partial charge on any atom is -0.356 e. The fourth-order valence-corrected chi connectivity index (χ4v) is 1.96. The highest BCUT2D eigenvalue weighted by atomic mass is 16.5. The zero-order valence-corrected chi connectivity index (χ0v) is 8.79. The molecule has 0 unspecified atom stereocenters. The van der Waals surface area contributed by atoms with Crippen LogP contribution in [0.1, 0.15) is 24.1 Å². The van der Waals surface area contributed by atoms with E-state index in [0.717, 1.165) is 35.9 Å². The predicted octanol–water partition coefficient (Wildman–Crippen LogP) is 2.17. The summed E-state index contributed by atoms with van der Waals surface area (Å²) in [6, 6.07) is 6.25. The van der Waals surface area contributed by atoms with Gasteiger partial charge in [-0.05, 0) is 43.9 Å². The number of benzene rings is 1. The quantitative estimate of drug-likeness (QED) is 0.812. The lowest BCUT2D eigenvalue weighted by atomic mass is 10.0. The third-order valence-corrected chi connectivity index (χ3v) is 3.17. The van der Waals surface area contributed by atoms with E-state index >= 15 is 0 Å². The molecule has 1 heterocycles. The van der Waals surface area contributed by atoms with Crippen molar-refractivity contribution in [2.24, 2.45) is 5.73 Å². The molecule has 1 saturated carbocycles. The number of rotatable bonds is 2. The SMILES string of the molecule is Cc1noc2cc(CC3(N)CC3)ccc12. The van der Waals surface area contributed by atoms with Gasteiger partial charge < -0.3 is 10.3 Å². The maximum absolute atomic E-state index is 6.08. The van der Waals surface area contributed by atoms with Crippen LogP contribution in [0.15, 0.2) is 22.7 Å². The van der Waals surface area contributed by atoms with E-state index in [0.29, 0.717) is 0 Å². The summed E-state index contributed by atoms with van der Waals surface area (Å²) in [6.45, 7) is 1.96. The molecule has 0 aliphatic heterocycles. The summed E-state index contributed by atoms with van der Waals surface area (Å²) < 4.78 is 5.23. The molecule has 1 aliphatic rings. The maximum atomic E-state index is 6.08. The van der Waals surface area contributed by atoms with Crippen LogP contribution in [-0.4, -0.2) is 10.7 Å². The molecule has 3 heteroatoms.